The summed E-state index contributed by atoms with van der Waals surface area (Å²) in [7, 11) is 5.40. The third-order valence-electron chi connectivity index (χ3n) is 3.09. The Labute approximate surface area is 110 Å². The number of benzene rings is 1. The lowest BCUT2D eigenvalue weighted by Gasteiger charge is -2.24. The molecule has 4 nitrogen and oxygen atoms in total. The Morgan fingerprint density at radius 3 is 2.44 bits per heavy atom. The van der Waals surface area contributed by atoms with Crippen molar-refractivity contribution in [2.75, 3.05) is 32.7 Å². The quantitative estimate of drug-likeness (QED) is 0.843. The second kappa shape index (κ2) is 6.50. The average molecular weight is 252 g/mol. The van der Waals surface area contributed by atoms with Crippen LogP contribution in [0.25, 0.3) is 0 Å². The number of hydrogen-bond donors (Lipinski definition) is 1. The Balaban J connectivity index is 2.97. The second-order valence-electron chi connectivity index (χ2n) is 4.63. The van der Waals surface area contributed by atoms with E-state index >= 15 is 0 Å². The van der Waals surface area contributed by atoms with Crippen LogP contribution in [0.4, 0.5) is 5.69 Å². The molecule has 1 unspecified atom stereocenters. The lowest BCUT2D eigenvalue weighted by atomic mass is 10.1. The Morgan fingerprint density at radius 1 is 1.28 bits per heavy atom. The molecule has 102 valence electrons. The Kier molecular flexibility index (Phi) is 5.28. The number of methoxy groups -OCH3 is 2. The maximum atomic E-state index is 5.79. The number of nitrogens with two attached hydrogens (primary N) is 1. The Morgan fingerprint density at radius 2 is 1.94 bits per heavy atom. The molecule has 0 aliphatic rings. The third kappa shape index (κ3) is 3.29. The molecule has 4 heteroatoms. The fourth-order valence-electron chi connectivity index (χ4n) is 1.96. The fourth-order valence-corrected chi connectivity index (χ4v) is 1.96. The summed E-state index contributed by atoms with van der Waals surface area (Å²) in [5.74, 6) is 1.71. The molecule has 1 aromatic carbocycles. The molecule has 0 heterocycles. The first-order valence-corrected chi connectivity index (χ1v) is 6.19. The van der Waals surface area contributed by atoms with Gasteiger partial charge in [0.2, 0.25) is 0 Å². The van der Waals surface area contributed by atoms with Crippen LogP contribution >= 0.6 is 0 Å². The molecule has 0 aromatic heterocycles. The van der Waals surface area contributed by atoms with Crippen molar-refractivity contribution in [3.63, 3.8) is 0 Å². The first kappa shape index (κ1) is 14.6. The molecule has 0 saturated carbocycles. The fraction of sp³-hybridized carbons (Fsp3) is 0.571. The largest absolute Gasteiger partial charge is 0.496 e. The first-order chi connectivity index (χ1) is 8.51. The molecule has 0 amide bonds. The van der Waals surface area contributed by atoms with Gasteiger partial charge in [0.05, 0.1) is 19.9 Å². The van der Waals surface area contributed by atoms with E-state index in [-0.39, 0.29) is 6.04 Å². The summed E-state index contributed by atoms with van der Waals surface area (Å²) in [5.41, 5.74) is 7.87. The van der Waals surface area contributed by atoms with E-state index in [1.807, 2.05) is 33.0 Å². The minimum atomic E-state index is 0.206. The van der Waals surface area contributed by atoms with Gasteiger partial charge in [-0.1, -0.05) is 0 Å². The van der Waals surface area contributed by atoms with E-state index in [9.17, 15) is 0 Å². The predicted molar refractivity (Wildman–Crippen MR) is 75.8 cm³/mol. The number of ether oxygens (including phenoxy) is 2. The predicted octanol–water partition coefficient (Wildman–Crippen LogP) is 2.19. The van der Waals surface area contributed by atoms with Gasteiger partial charge in [-0.05, 0) is 32.4 Å². The number of rotatable bonds is 6. The van der Waals surface area contributed by atoms with E-state index in [0.29, 0.717) is 0 Å². The van der Waals surface area contributed by atoms with Crippen molar-refractivity contribution in [2.24, 2.45) is 5.73 Å². The molecule has 0 radical (unpaired) electrons. The summed E-state index contributed by atoms with van der Waals surface area (Å²) >= 11 is 0. The second-order valence-corrected chi connectivity index (χ2v) is 4.63. The molecule has 1 aromatic rings. The summed E-state index contributed by atoms with van der Waals surface area (Å²) in [6.45, 7) is 4.92. The van der Waals surface area contributed by atoms with Crippen LogP contribution in [0, 0.1) is 6.92 Å². The van der Waals surface area contributed by atoms with Crippen molar-refractivity contribution >= 4 is 5.69 Å². The summed E-state index contributed by atoms with van der Waals surface area (Å²) in [6, 6.07) is 4.19. The van der Waals surface area contributed by atoms with Gasteiger partial charge in [0.1, 0.15) is 11.5 Å². The zero-order valence-corrected chi connectivity index (χ0v) is 12.0. The molecule has 1 rings (SSSR count). The average Bonchev–Trinajstić information content (AvgIpc) is 2.35. The van der Waals surface area contributed by atoms with Crippen molar-refractivity contribution in [1.29, 1.82) is 0 Å². The van der Waals surface area contributed by atoms with Crippen LogP contribution in [0.2, 0.25) is 0 Å². The molecule has 18 heavy (non-hydrogen) atoms. The molecule has 0 bridgehead atoms. The van der Waals surface area contributed by atoms with Crippen LogP contribution in [-0.4, -0.2) is 33.9 Å². The molecule has 0 saturated heterocycles. The van der Waals surface area contributed by atoms with E-state index < -0.39 is 0 Å². The van der Waals surface area contributed by atoms with E-state index in [2.05, 4.69) is 4.90 Å². The molecular weight excluding hydrogens is 228 g/mol. The maximum absolute atomic E-state index is 5.79. The van der Waals surface area contributed by atoms with Gasteiger partial charge in [0, 0.05) is 25.2 Å². The summed E-state index contributed by atoms with van der Waals surface area (Å²) in [4.78, 5) is 2.16. The van der Waals surface area contributed by atoms with Gasteiger partial charge in [0.25, 0.3) is 0 Å². The Bertz CT molecular complexity index is 392. The Hall–Kier alpha value is -1.42. The summed E-state index contributed by atoms with van der Waals surface area (Å²) in [5, 5.41) is 0. The molecule has 0 aliphatic heterocycles. The SMILES string of the molecule is COc1ccc(N(C)CCC(C)N)c(OC)c1C. The van der Waals surface area contributed by atoms with Gasteiger partial charge in [-0.2, -0.15) is 0 Å². The molecular formula is C14H24N2O2. The van der Waals surface area contributed by atoms with Crippen LogP contribution in [0.5, 0.6) is 11.5 Å². The van der Waals surface area contributed by atoms with Crippen LogP contribution < -0.4 is 20.1 Å². The smallest absolute Gasteiger partial charge is 0.148 e. The summed E-state index contributed by atoms with van der Waals surface area (Å²) < 4.78 is 10.8. The molecule has 0 spiro atoms. The number of anilines is 1. The zero-order valence-electron chi connectivity index (χ0n) is 12.0. The highest BCUT2D eigenvalue weighted by atomic mass is 16.5. The number of nitrogens with zero attached hydrogens (tertiary/aromatic N) is 1. The number of hydrogen-bond acceptors (Lipinski definition) is 4. The standard InChI is InChI=1S/C14H24N2O2/c1-10(15)8-9-16(3)12-6-7-13(17-4)11(2)14(12)18-5/h6-7,10H,8-9,15H2,1-5H3. The van der Waals surface area contributed by atoms with Gasteiger partial charge in [-0.15, -0.1) is 0 Å². The lowest BCUT2D eigenvalue weighted by Crippen LogP contribution is -2.26. The highest BCUT2D eigenvalue weighted by Crippen LogP contribution is 2.36. The van der Waals surface area contributed by atoms with E-state index in [4.69, 9.17) is 15.2 Å². The summed E-state index contributed by atoms with van der Waals surface area (Å²) in [6.07, 6.45) is 0.949. The van der Waals surface area contributed by atoms with Crippen LogP contribution in [-0.2, 0) is 0 Å². The van der Waals surface area contributed by atoms with Gasteiger partial charge in [0.15, 0.2) is 0 Å². The normalized spacial score (nSPS) is 12.1. The monoisotopic (exact) mass is 252 g/mol. The van der Waals surface area contributed by atoms with Crippen molar-refractivity contribution in [2.45, 2.75) is 26.3 Å². The van der Waals surface area contributed by atoms with E-state index in [0.717, 1.165) is 35.7 Å². The first-order valence-electron chi connectivity index (χ1n) is 6.19. The van der Waals surface area contributed by atoms with Gasteiger partial charge >= 0.3 is 0 Å². The zero-order chi connectivity index (χ0) is 13.7. The minimum absolute atomic E-state index is 0.206. The molecule has 1 atom stereocenters. The molecule has 0 fully saturated rings. The van der Waals surface area contributed by atoms with Gasteiger partial charge < -0.3 is 20.1 Å². The minimum Gasteiger partial charge on any atom is -0.496 e. The highest BCUT2D eigenvalue weighted by Gasteiger charge is 2.14. The molecule has 2 N–H and O–H groups in total. The highest BCUT2D eigenvalue weighted by molar-refractivity contribution is 5.65. The topological polar surface area (TPSA) is 47.7 Å². The van der Waals surface area contributed by atoms with E-state index in [1.165, 1.54) is 0 Å². The lowest BCUT2D eigenvalue weighted by molar-refractivity contribution is 0.389. The third-order valence-corrected chi connectivity index (χ3v) is 3.09. The van der Waals surface area contributed by atoms with Crippen LogP contribution in [0.3, 0.4) is 0 Å². The molecule has 0 aliphatic carbocycles. The van der Waals surface area contributed by atoms with Crippen LogP contribution in [0.1, 0.15) is 18.9 Å². The van der Waals surface area contributed by atoms with E-state index in [1.54, 1.807) is 14.2 Å². The van der Waals surface area contributed by atoms with Gasteiger partial charge in [-0.3, -0.25) is 0 Å². The van der Waals surface area contributed by atoms with Gasteiger partial charge in [-0.25, -0.2) is 0 Å². The van der Waals surface area contributed by atoms with Crippen molar-refractivity contribution in [3.05, 3.63) is 17.7 Å². The van der Waals surface area contributed by atoms with Crippen LogP contribution in [0.15, 0.2) is 12.1 Å². The van der Waals surface area contributed by atoms with Crippen molar-refractivity contribution in [1.82, 2.24) is 0 Å². The maximum Gasteiger partial charge on any atom is 0.148 e. The van der Waals surface area contributed by atoms with Crippen molar-refractivity contribution in [3.8, 4) is 11.5 Å². The van der Waals surface area contributed by atoms with Crippen molar-refractivity contribution < 1.29 is 9.47 Å².